The van der Waals surface area contributed by atoms with Gasteiger partial charge in [-0.25, -0.2) is 4.68 Å². The van der Waals surface area contributed by atoms with E-state index in [1.54, 1.807) is 22.5 Å². The van der Waals surface area contributed by atoms with Gasteiger partial charge in [0, 0.05) is 16.8 Å². The molecule has 1 atom stereocenters. The van der Waals surface area contributed by atoms with Gasteiger partial charge in [-0.1, -0.05) is 19.1 Å². The number of rotatable bonds is 7. The maximum absolute atomic E-state index is 12.8. The first-order valence-corrected chi connectivity index (χ1v) is 10.3. The Labute approximate surface area is 176 Å². The van der Waals surface area contributed by atoms with Crippen molar-refractivity contribution in [3.8, 4) is 5.69 Å². The third-order valence-corrected chi connectivity index (χ3v) is 5.93. The van der Waals surface area contributed by atoms with Crippen molar-refractivity contribution in [2.24, 2.45) is 0 Å². The number of alkyl halides is 3. The molecule has 0 saturated carbocycles. The lowest BCUT2D eigenvalue weighted by molar-refractivity contribution is -0.138. The maximum atomic E-state index is 12.8. The van der Waals surface area contributed by atoms with E-state index in [9.17, 15) is 18.0 Å². The molecule has 0 amide bonds. The lowest BCUT2D eigenvalue weighted by Gasteiger charge is -2.11. The van der Waals surface area contributed by atoms with Crippen molar-refractivity contribution in [1.29, 1.82) is 0 Å². The van der Waals surface area contributed by atoms with Gasteiger partial charge in [0.2, 0.25) is 0 Å². The largest absolute Gasteiger partial charge is 0.481 e. The summed E-state index contributed by atoms with van der Waals surface area (Å²) in [5, 5.41) is 13.4. The predicted molar refractivity (Wildman–Crippen MR) is 110 cm³/mol. The van der Waals surface area contributed by atoms with Crippen molar-refractivity contribution < 1.29 is 23.1 Å². The molecule has 158 valence electrons. The van der Waals surface area contributed by atoms with Gasteiger partial charge < -0.3 is 5.11 Å². The zero-order valence-corrected chi connectivity index (χ0v) is 17.3. The quantitative estimate of drug-likeness (QED) is 0.483. The summed E-state index contributed by atoms with van der Waals surface area (Å²) in [5.41, 5.74) is 2.47. The second-order valence-electron chi connectivity index (χ2n) is 7.09. The Morgan fingerprint density at radius 2 is 1.90 bits per heavy atom. The van der Waals surface area contributed by atoms with Gasteiger partial charge in [0.05, 0.1) is 23.4 Å². The summed E-state index contributed by atoms with van der Waals surface area (Å²) in [6, 6.07) is 12.4. The predicted octanol–water partition coefficient (Wildman–Crippen LogP) is 5.72. The standard InChI is InChI=1S/C22H21F3N2O2S/c1-14(13-30-19-5-3-4-16(10-19)11-21(28)29)20-12-27(26-15(20)2)18-8-6-17(7-9-18)22(23,24)25/h3-10,12,14H,11,13H2,1-2H3,(H,28,29)/t14-/m1/s1. The Morgan fingerprint density at radius 1 is 1.20 bits per heavy atom. The molecule has 0 fully saturated rings. The zero-order valence-electron chi connectivity index (χ0n) is 16.5. The number of halogens is 3. The molecule has 0 spiro atoms. The van der Waals surface area contributed by atoms with Crippen LogP contribution in [0.3, 0.4) is 0 Å². The van der Waals surface area contributed by atoms with Crippen molar-refractivity contribution in [2.45, 2.75) is 37.3 Å². The van der Waals surface area contributed by atoms with Crippen molar-refractivity contribution in [1.82, 2.24) is 9.78 Å². The Balaban J connectivity index is 1.70. The third-order valence-electron chi connectivity index (χ3n) is 4.68. The Morgan fingerprint density at radius 3 is 2.53 bits per heavy atom. The normalized spacial score (nSPS) is 12.7. The Hall–Kier alpha value is -2.74. The van der Waals surface area contributed by atoms with Crippen LogP contribution in [0.4, 0.5) is 13.2 Å². The molecule has 1 N–H and O–H groups in total. The van der Waals surface area contributed by atoms with Gasteiger partial charge in [-0.05, 0) is 60.4 Å². The van der Waals surface area contributed by atoms with Crippen molar-refractivity contribution in [2.75, 3.05) is 5.75 Å². The minimum Gasteiger partial charge on any atom is -0.481 e. The molecular formula is C22H21F3N2O2S. The van der Waals surface area contributed by atoms with Crippen LogP contribution in [0.1, 0.15) is 35.2 Å². The highest BCUT2D eigenvalue weighted by Gasteiger charge is 2.30. The highest BCUT2D eigenvalue weighted by atomic mass is 32.2. The van der Waals surface area contributed by atoms with Crippen LogP contribution < -0.4 is 0 Å². The first-order chi connectivity index (χ1) is 14.1. The topological polar surface area (TPSA) is 55.1 Å². The van der Waals surface area contributed by atoms with Gasteiger partial charge in [0.1, 0.15) is 0 Å². The van der Waals surface area contributed by atoms with Crippen molar-refractivity contribution in [3.05, 3.63) is 77.1 Å². The molecule has 0 radical (unpaired) electrons. The van der Waals surface area contributed by atoms with E-state index < -0.39 is 17.7 Å². The van der Waals surface area contributed by atoms with Crippen LogP contribution in [-0.2, 0) is 17.4 Å². The van der Waals surface area contributed by atoms with Gasteiger partial charge in [0.25, 0.3) is 0 Å². The number of nitrogens with zero attached hydrogens (tertiary/aromatic N) is 2. The first-order valence-electron chi connectivity index (χ1n) is 9.31. The minimum atomic E-state index is -4.36. The molecule has 0 unspecified atom stereocenters. The Bertz CT molecular complexity index is 1030. The molecular weight excluding hydrogens is 413 g/mol. The smallest absolute Gasteiger partial charge is 0.416 e. The van der Waals surface area contributed by atoms with Crippen molar-refractivity contribution >= 4 is 17.7 Å². The van der Waals surface area contributed by atoms with E-state index in [2.05, 4.69) is 12.0 Å². The van der Waals surface area contributed by atoms with Gasteiger partial charge in [0.15, 0.2) is 0 Å². The molecule has 1 aromatic heterocycles. The van der Waals surface area contributed by atoms with Crippen LogP contribution in [-0.4, -0.2) is 26.6 Å². The monoisotopic (exact) mass is 434 g/mol. The molecule has 0 aliphatic carbocycles. The van der Waals surface area contributed by atoms with Gasteiger partial charge in [-0.3, -0.25) is 4.79 Å². The van der Waals surface area contributed by atoms with E-state index in [-0.39, 0.29) is 12.3 Å². The van der Waals surface area contributed by atoms with E-state index in [1.807, 2.05) is 31.3 Å². The van der Waals surface area contributed by atoms with Gasteiger partial charge in [-0.15, -0.1) is 11.8 Å². The number of thioether (sulfide) groups is 1. The first kappa shape index (κ1) is 22.0. The molecule has 2 aromatic carbocycles. The van der Waals surface area contributed by atoms with E-state index in [0.29, 0.717) is 5.69 Å². The van der Waals surface area contributed by atoms with Crippen LogP contribution in [0.2, 0.25) is 0 Å². The average Bonchev–Trinajstić information content (AvgIpc) is 3.07. The number of aliphatic carboxylic acids is 1. The molecule has 0 aliphatic heterocycles. The number of aromatic nitrogens is 2. The fourth-order valence-electron chi connectivity index (χ4n) is 3.12. The fourth-order valence-corrected chi connectivity index (χ4v) is 4.15. The summed E-state index contributed by atoms with van der Waals surface area (Å²) >= 11 is 1.63. The second kappa shape index (κ2) is 8.95. The number of aryl methyl sites for hydroxylation is 1. The molecule has 0 saturated heterocycles. The van der Waals surface area contributed by atoms with E-state index >= 15 is 0 Å². The lowest BCUT2D eigenvalue weighted by Crippen LogP contribution is -2.05. The highest BCUT2D eigenvalue weighted by molar-refractivity contribution is 7.99. The summed E-state index contributed by atoms with van der Waals surface area (Å²) in [4.78, 5) is 11.9. The number of carboxylic acid groups (broad SMARTS) is 1. The summed E-state index contributed by atoms with van der Waals surface area (Å²) < 4.78 is 39.9. The zero-order chi connectivity index (χ0) is 21.9. The minimum absolute atomic E-state index is 0.0110. The van der Waals surface area contributed by atoms with E-state index in [4.69, 9.17) is 5.11 Å². The Kier molecular flexibility index (Phi) is 6.55. The molecule has 0 bridgehead atoms. The molecule has 3 aromatic rings. The van der Waals surface area contributed by atoms with Crippen LogP contribution in [0.25, 0.3) is 5.69 Å². The van der Waals surface area contributed by atoms with Gasteiger partial charge >= 0.3 is 12.1 Å². The number of carboxylic acids is 1. The molecule has 4 nitrogen and oxygen atoms in total. The lowest BCUT2D eigenvalue weighted by atomic mass is 10.1. The molecule has 30 heavy (non-hydrogen) atoms. The van der Waals surface area contributed by atoms with Crippen LogP contribution in [0.15, 0.2) is 59.6 Å². The number of hydrogen-bond acceptors (Lipinski definition) is 3. The summed E-state index contributed by atoms with van der Waals surface area (Å²) in [6.45, 7) is 3.94. The van der Waals surface area contributed by atoms with Gasteiger partial charge in [-0.2, -0.15) is 18.3 Å². The maximum Gasteiger partial charge on any atom is 0.416 e. The second-order valence-corrected chi connectivity index (χ2v) is 8.18. The molecule has 1 heterocycles. The third kappa shape index (κ3) is 5.44. The van der Waals surface area contributed by atoms with Crippen molar-refractivity contribution in [3.63, 3.8) is 0 Å². The highest BCUT2D eigenvalue weighted by Crippen LogP contribution is 2.31. The van der Waals surface area contributed by atoms with Crippen LogP contribution >= 0.6 is 11.8 Å². The number of carbonyl (C=O) groups is 1. The molecule has 8 heteroatoms. The summed E-state index contributed by atoms with van der Waals surface area (Å²) in [7, 11) is 0. The molecule has 0 aliphatic rings. The number of benzene rings is 2. The van der Waals surface area contributed by atoms with Crippen LogP contribution in [0, 0.1) is 6.92 Å². The summed E-state index contributed by atoms with van der Waals surface area (Å²) in [6.07, 6.45) is -2.52. The SMILES string of the molecule is Cc1nn(-c2ccc(C(F)(F)F)cc2)cc1[C@H](C)CSc1cccc(CC(=O)O)c1. The number of hydrogen-bond donors (Lipinski definition) is 1. The van der Waals surface area contributed by atoms with E-state index in [1.165, 1.54) is 12.1 Å². The van der Waals surface area contributed by atoms with E-state index in [0.717, 1.165) is 39.6 Å². The average molecular weight is 434 g/mol. The summed E-state index contributed by atoms with van der Waals surface area (Å²) in [5.74, 6) is 0.0499. The molecule has 3 rings (SSSR count). The van der Waals surface area contributed by atoms with Crippen LogP contribution in [0.5, 0.6) is 0 Å². The fraction of sp³-hybridized carbons (Fsp3) is 0.273.